The normalized spacial score (nSPS) is 14.4. The number of para-hydroxylation sites is 1. The number of halogens is 1. The van der Waals surface area contributed by atoms with Gasteiger partial charge >= 0.3 is 0 Å². The lowest BCUT2D eigenvalue weighted by molar-refractivity contribution is -0.118. The van der Waals surface area contributed by atoms with E-state index in [0.29, 0.717) is 22.7 Å². The quantitative estimate of drug-likeness (QED) is 0.463. The first-order valence-electron chi connectivity index (χ1n) is 9.70. The molecule has 2 N–H and O–H groups in total. The number of nitrogens with one attached hydrogen (secondary N) is 2. The van der Waals surface area contributed by atoms with Crippen LogP contribution >= 0.6 is 0 Å². The van der Waals surface area contributed by atoms with Crippen molar-refractivity contribution in [2.45, 2.75) is 0 Å². The minimum absolute atomic E-state index is 0.0187. The van der Waals surface area contributed by atoms with Gasteiger partial charge in [-0.1, -0.05) is 36.4 Å². The standard InChI is InChI=1S/C24H18FN3O4/c25-17-7-5-8-18(14-17)26-22(29)15-32-20-11-4-6-16(12-20)13-21-23(30)27-28(24(21)31)19-9-2-1-3-10-19/h1-14H,15H2,(H,26,29)(H,27,30). The zero-order valence-corrected chi connectivity index (χ0v) is 16.7. The molecular formula is C24H18FN3O4. The summed E-state index contributed by atoms with van der Waals surface area (Å²) in [6.45, 7) is -0.294. The third-order valence-electron chi connectivity index (χ3n) is 4.55. The monoisotopic (exact) mass is 431 g/mol. The van der Waals surface area contributed by atoms with Crippen molar-refractivity contribution in [3.8, 4) is 5.75 Å². The molecular weight excluding hydrogens is 413 g/mol. The van der Waals surface area contributed by atoms with Crippen LogP contribution in [0.3, 0.4) is 0 Å². The number of anilines is 2. The molecule has 0 aromatic heterocycles. The minimum atomic E-state index is -0.514. The van der Waals surface area contributed by atoms with Gasteiger partial charge in [-0.25, -0.2) is 9.40 Å². The molecule has 0 radical (unpaired) electrons. The lowest BCUT2D eigenvalue weighted by Gasteiger charge is -2.13. The molecule has 1 heterocycles. The summed E-state index contributed by atoms with van der Waals surface area (Å²) in [7, 11) is 0. The number of rotatable bonds is 6. The Balaban J connectivity index is 1.42. The van der Waals surface area contributed by atoms with Crippen LogP contribution in [0.1, 0.15) is 5.56 Å². The zero-order valence-electron chi connectivity index (χ0n) is 16.7. The van der Waals surface area contributed by atoms with Gasteiger partial charge in [-0.2, -0.15) is 0 Å². The molecule has 0 unspecified atom stereocenters. The molecule has 1 aliphatic rings. The molecule has 1 fully saturated rings. The molecule has 32 heavy (non-hydrogen) atoms. The Labute approximate surface area is 183 Å². The highest BCUT2D eigenvalue weighted by molar-refractivity contribution is 6.31. The van der Waals surface area contributed by atoms with Crippen molar-refractivity contribution < 1.29 is 23.5 Å². The fourth-order valence-corrected chi connectivity index (χ4v) is 3.09. The summed E-state index contributed by atoms with van der Waals surface area (Å²) in [4.78, 5) is 37.0. The maximum absolute atomic E-state index is 13.2. The van der Waals surface area contributed by atoms with Crippen molar-refractivity contribution in [3.63, 3.8) is 0 Å². The number of hydrogen-bond donors (Lipinski definition) is 2. The van der Waals surface area contributed by atoms with E-state index in [1.165, 1.54) is 29.3 Å². The van der Waals surface area contributed by atoms with Crippen LogP contribution < -0.4 is 20.5 Å². The number of nitrogens with zero attached hydrogens (tertiary/aromatic N) is 1. The van der Waals surface area contributed by atoms with Gasteiger partial charge < -0.3 is 10.1 Å². The first-order chi connectivity index (χ1) is 15.5. The molecule has 3 aromatic carbocycles. The number of hydrazine groups is 1. The molecule has 1 aliphatic heterocycles. The fourth-order valence-electron chi connectivity index (χ4n) is 3.09. The van der Waals surface area contributed by atoms with Gasteiger partial charge in [-0.3, -0.25) is 19.8 Å². The maximum atomic E-state index is 13.2. The van der Waals surface area contributed by atoms with E-state index in [0.717, 1.165) is 0 Å². The van der Waals surface area contributed by atoms with Gasteiger partial charge in [0.15, 0.2) is 6.61 Å². The molecule has 1 saturated heterocycles. The van der Waals surface area contributed by atoms with E-state index in [1.54, 1.807) is 54.6 Å². The van der Waals surface area contributed by atoms with Crippen molar-refractivity contribution in [2.24, 2.45) is 0 Å². The van der Waals surface area contributed by atoms with Gasteiger partial charge in [-0.05, 0) is 54.1 Å². The molecule has 8 heteroatoms. The highest BCUT2D eigenvalue weighted by Crippen LogP contribution is 2.22. The van der Waals surface area contributed by atoms with Gasteiger partial charge in [0.25, 0.3) is 17.7 Å². The second kappa shape index (κ2) is 9.13. The van der Waals surface area contributed by atoms with E-state index in [-0.39, 0.29) is 12.2 Å². The van der Waals surface area contributed by atoms with Gasteiger partial charge in [0.05, 0.1) is 5.69 Å². The Bertz CT molecular complexity index is 1210. The first-order valence-corrected chi connectivity index (χ1v) is 9.70. The van der Waals surface area contributed by atoms with E-state index in [4.69, 9.17) is 4.74 Å². The van der Waals surface area contributed by atoms with Gasteiger partial charge in [-0.15, -0.1) is 0 Å². The molecule has 4 rings (SSSR count). The fraction of sp³-hybridized carbons (Fsp3) is 0.0417. The van der Waals surface area contributed by atoms with Crippen LogP contribution in [0.25, 0.3) is 6.08 Å². The summed E-state index contributed by atoms with van der Waals surface area (Å²) in [6.07, 6.45) is 1.46. The van der Waals surface area contributed by atoms with Crippen LogP contribution in [0.5, 0.6) is 5.75 Å². The van der Waals surface area contributed by atoms with Crippen molar-refractivity contribution in [1.82, 2.24) is 5.43 Å². The maximum Gasteiger partial charge on any atom is 0.282 e. The third-order valence-corrected chi connectivity index (χ3v) is 4.55. The van der Waals surface area contributed by atoms with Crippen molar-refractivity contribution >= 4 is 35.2 Å². The molecule has 3 amide bonds. The molecule has 0 spiro atoms. The lowest BCUT2D eigenvalue weighted by atomic mass is 10.1. The van der Waals surface area contributed by atoms with Crippen LogP contribution in [0.15, 0.2) is 84.4 Å². The number of hydrogen-bond acceptors (Lipinski definition) is 4. The summed E-state index contributed by atoms with van der Waals surface area (Å²) < 4.78 is 18.7. The SMILES string of the molecule is O=C(COc1cccc(C=C2C(=O)NN(c3ccccc3)C2=O)c1)Nc1cccc(F)c1. The number of benzene rings is 3. The Morgan fingerprint density at radius 2 is 1.78 bits per heavy atom. The number of amides is 3. The highest BCUT2D eigenvalue weighted by Gasteiger charge is 2.34. The van der Waals surface area contributed by atoms with Crippen molar-refractivity contribution in [3.05, 3.63) is 95.8 Å². The predicted molar refractivity (Wildman–Crippen MR) is 117 cm³/mol. The third kappa shape index (κ3) is 4.81. The van der Waals surface area contributed by atoms with E-state index in [9.17, 15) is 18.8 Å². The van der Waals surface area contributed by atoms with Crippen molar-refractivity contribution in [2.75, 3.05) is 16.9 Å². The smallest absolute Gasteiger partial charge is 0.282 e. The minimum Gasteiger partial charge on any atom is -0.484 e. The Kier molecular flexibility index (Phi) is 5.94. The van der Waals surface area contributed by atoms with Crippen LogP contribution in [0.4, 0.5) is 15.8 Å². The highest BCUT2D eigenvalue weighted by atomic mass is 19.1. The van der Waals surface area contributed by atoms with Crippen LogP contribution in [0, 0.1) is 5.82 Å². The molecule has 7 nitrogen and oxygen atoms in total. The predicted octanol–water partition coefficient (Wildman–Crippen LogP) is 3.30. The van der Waals surface area contributed by atoms with Crippen LogP contribution in [-0.2, 0) is 14.4 Å². The molecule has 0 bridgehead atoms. The van der Waals surface area contributed by atoms with E-state index in [1.807, 2.05) is 6.07 Å². The van der Waals surface area contributed by atoms with Gasteiger partial charge in [0, 0.05) is 5.69 Å². The molecule has 0 atom stereocenters. The summed E-state index contributed by atoms with van der Waals surface area (Å²) in [6, 6.07) is 20.9. The second-order valence-electron chi connectivity index (χ2n) is 6.89. The molecule has 0 aliphatic carbocycles. The lowest BCUT2D eigenvalue weighted by Crippen LogP contribution is -2.35. The molecule has 3 aromatic rings. The second-order valence-corrected chi connectivity index (χ2v) is 6.89. The molecule has 0 saturated carbocycles. The van der Waals surface area contributed by atoms with Gasteiger partial charge in [0.2, 0.25) is 0 Å². The summed E-state index contributed by atoms with van der Waals surface area (Å²) in [5, 5.41) is 3.73. The summed E-state index contributed by atoms with van der Waals surface area (Å²) in [5.74, 6) is -1.52. The van der Waals surface area contributed by atoms with E-state index in [2.05, 4.69) is 10.7 Å². The van der Waals surface area contributed by atoms with Crippen LogP contribution in [-0.4, -0.2) is 24.3 Å². The zero-order chi connectivity index (χ0) is 22.5. The summed E-state index contributed by atoms with van der Waals surface area (Å²) >= 11 is 0. The average Bonchev–Trinajstić information content (AvgIpc) is 3.07. The number of carbonyl (C=O) groups excluding carboxylic acids is 3. The van der Waals surface area contributed by atoms with Crippen LogP contribution in [0.2, 0.25) is 0 Å². The largest absolute Gasteiger partial charge is 0.484 e. The van der Waals surface area contributed by atoms with Crippen molar-refractivity contribution in [1.29, 1.82) is 0 Å². The Morgan fingerprint density at radius 1 is 1.00 bits per heavy atom. The first kappa shape index (κ1) is 20.8. The topological polar surface area (TPSA) is 87.7 Å². The van der Waals surface area contributed by atoms with E-state index >= 15 is 0 Å². The van der Waals surface area contributed by atoms with E-state index < -0.39 is 23.5 Å². The molecule has 160 valence electrons. The average molecular weight is 431 g/mol. The summed E-state index contributed by atoms with van der Waals surface area (Å²) in [5.41, 5.74) is 3.95. The van der Waals surface area contributed by atoms with Gasteiger partial charge in [0.1, 0.15) is 17.1 Å². The number of carbonyl (C=O) groups is 3. The Hall–Kier alpha value is -4.46. The number of ether oxygens (including phenoxy) is 1. The Morgan fingerprint density at radius 3 is 2.56 bits per heavy atom.